The molecular weight excluding hydrogens is 482 g/mol. The number of alkyl halides is 6. The van der Waals surface area contributed by atoms with Gasteiger partial charge in [0.05, 0.1) is 5.56 Å². The van der Waals surface area contributed by atoms with Gasteiger partial charge in [-0.25, -0.2) is 8.78 Å². The van der Waals surface area contributed by atoms with Gasteiger partial charge in [0.25, 0.3) is 0 Å². The minimum Gasteiger partial charge on any atom is -0.382 e. The summed E-state index contributed by atoms with van der Waals surface area (Å²) in [6.07, 6.45) is -12.6. The van der Waals surface area contributed by atoms with Crippen molar-refractivity contribution in [1.29, 1.82) is 0 Å². The van der Waals surface area contributed by atoms with Crippen molar-refractivity contribution in [2.45, 2.75) is 30.3 Å². The molecular formula is C25H21F8NO. The van der Waals surface area contributed by atoms with Crippen LogP contribution in [0.3, 0.4) is 0 Å². The van der Waals surface area contributed by atoms with Crippen molar-refractivity contribution in [2.24, 2.45) is 0 Å². The molecule has 2 nitrogen and oxygen atoms in total. The summed E-state index contributed by atoms with van der Waals surface area (Å²) in [5.41, 5.74) is -2.16. The monoisotopic (exact) mass is 503 g/mol. The molecule has 188 valence electrons. The van der Waals surface area contributed by atoms with Crippen LogP contribution in [0.15, 0.2) is 72.8 Å². The second-order valence-electron chi connectivity index (χ2n) is 8.17. The molecule has 0 aliphatic carbocycles. The maximum absolute atomic E-state index is 14.4. The number of aliphatic hydroxyl groups excluding tert-OH is 1. The molecule has 2 atom stereocenters. The maximum atomic E-state index is 14.4. The van der Waals surface area contributed by atoms with Crippen LogP contribution in [0, 0.1) is 11.6 Å². The quantitative estimate of drug-likeness (QED) is 0.369. The predicted molar refractivity (Wildman–Crippen MR) is 114 cm³/mol. The van der Waals surface area contributed by atoms with E-state index in [2.05, 4.69) is 5.32 Å². The van der Waals surface area contributed by atoms with Crippen LogP contribution in [0.2, 0.25) is 0 Å². The first kappa shape index (κ1) is 26.6. The Balaban J connectivity index is 2.19. The molecule has 0 unspecified atom stereocenters. The van der Waals surface area contributed by atoms with E-state index in [0.717, 1.165) is 24.3 Å². The van der Waals surface area contributed by atoms with Crippen molar-refractivity contribution in [3.63, 3.8) is 0 Å². The molecule has 10 heteroatoms. The number of halogens is 8. The molecule has 2 N–H and O–H groups in total. The Hall–Kier alpha value is -2.98. The summed E-state index contributed by atoms with van der Waals surface area (Å²) in [4.78, 5) is 0. The first-order chi connectivity index (χ1) is 16.3. The summed E-state index contributed by atoms with van der Waals surface area (Å²) in [5.74, 6) is -1.83. The molecule has 0 saturated carbocycles. The number of hydrogen-bond donors (Lipinski definition) is 2. The van der Waals surface area contributed by atoms with Gasteiger partial charge in [0.1, 0.15) is 11.6 Å². The fourth-order valence-corrected chi connectivity index (χ4v) is 3.92. The standard InChI is InChI=1S/C25H21F8NO/c26-20-8-6-17(7-9-20)23(13-16-4-2-1-3-5-16,15-34-14-22(35)25(31,32)33)18-10-19(24(28,29)30)12-21(27)11-18/h1-12,22,34-35H,13-15H2/t22-,23+/m0/s1. The first-order valence-corrected chi connectivity index (χ1v) is 10.4. The van der Waals surface area contributed by atoms with Crippen molar-refractivity contribution < 1.29 is 40.2 Å². The van der Waals surface area contributed by atoms with E-state index in [9.17, 15) is 40.2 Å². The van der Waals surface area contributed by atoms with Crippen LogP contribution >= 0.6 is 0 Å². The van der Waals surface area contributed by atoms with E-state index in [1.807, 2.05) is 0 Å². The lowest BCUT2D eigenvalue weighted by Gasteiger charge is -2.37. The van der Waals surface area contributed by atoms with Gasteiger partial charge >= 0.3 is 12.4 Å². The van der Waals surface area contributed by atoms with Gasteiger partial charge < -0.3 is 10.4 Å². The Morgan fingerprint density at radius 3 is 1.89 bits per heavy atom. The van der Waals surface area contributed by atoms with E-state index in [1.165, 1.54) is 12.1 Å². The van der Waals surface area contributed by atoms with E-state index in [4.69, 9.17) is 0 Å². The molecule has 0 spiro atoms. The van der Waals surface area contributed by atoms with Gasteiger partial charge in [-0.1, -0.05) is 42.5 Å². The number of benzene rings is 3. The van der Waals surface area contributed by atoms with Crippen LogP contribution in [0.1, 0.15) is 22.3 Å². The molecule has 3 rings (SSSR count). The third-order valence-corrected chi connectivity index (χ3v) is 5.67. The van der Waals surface area contributed by atoms with Gasteiger partial charge in [0, 0.05) is 18.5 Å². The van der Waals surface area contributed by atoms with Gasteiger partial charge in [-0.15, -0.1) is 0 Å². The topological polar surface area (TPSA) is 32.3 Å². The lowest BCUT2D eigenvalue weighted by Crippen LogP contribution is -2.46. The Kier molecular flexibility index (Phi) is 7.86. The Morgan fingerprint density at radius 2 is 1.31 bits per heavy atom. The molecule has 3 aromatic carbocycles. The second kappa shape index (κ2) is 10.3. The normalized spacial score (nSPS) is 15.0. The molecule has 3 aromatic rings. The molecule has 0 aliphatic heterocycles. The summed E-state index contributed by atoms with van der Waals surface area (Å²) in [6.45, 7) is -1.37. The van der Waals surface area contributed by atoms with E-state index >= 15 is 0 Å². The fourth-order valence-electron chi connectivity index (χ4n) is 3.92. The van der Waals surface area contributed by atoms with Crippen molar-refractivity contribution >= 4 is 0 Å². The number of hydrogen-bond acceptors (Lipinski definition) is 2. The molecule has 0 bridgehead atoms. The Bertz CT molecular complexity index is 1110. The van der Waals surface area contributed by atoms with Crippen molar-refractivity contribution in [3.8, 4) is 0 Å². The minimum atomic E-state index is -4.92. The summed E-state index contributed by atoms with van der Waals surface area (Å²) in [7, 11) is 0. The van der Waals surface area contributed by atoms with E-state index in [1.54, 1.807) is 30.3 Å². The first-order valence-electron chi connectivity index (χ1n) is 10.4. The molecule has 0 saturated heterocycles. The van der Waals surface area contributed by atoms with E-state index < -0.39 is 54.2 Å². The zero-order valence-corrected chi connectivity index (χ0v) is 18.1. The third-order valence-electron chi connectivity index (χ3n) is 5.67. The number of aliphatic hydroxyl groups is 1. The highest BCUT2D eigenvalue weighted by molar-refractivity contribution is 5.45. The molecule has 0 heterocycles. The van der Waals surface area contributed by atoms with Crippen LogP contribution in [-0.2, 0) is 18.0 Å². The molecule has 0 aromatic heterocycles. The summed E-state index contributed by atoms with van der Waals surface area (Å²) in [6, 6.07) is 15.0. The van der Waals surface area contributed by atoms with Gasteiger partial charge in [-0.3, -0.25) is 0 Å². The van der Waals surface area contributed by atoms with Crippen molar-refractivity contribution in [2.75, 3.05) is 13.1 Å². The smallest absolute Gasteiger partial charge is 0.382 e. The maximum Gasteiger partial charge on any atom is 0.416 e. The van der Waals surface area contributed by atoms with Crippen molar-refractivity contribution in [1.82, 2.24) is 5.32 Å². The zero-order chi connectivity index (χ0) is 25.9. The van der Waals surface area contributed by atoms with Crippen LogP contribution in [0.25, 0.3) is 0 Å². The molecule has 0 fully saturated rings. The highest BCUT2D eigenvalue weighted by Gasteiger charge is 2.41. The van der Waals surface area contributed by atoms with Gasteiger partial charge in [0.2, 0.25) is 0 Å². The molecule has 0 aliphatic rings. The molecule has 0 amide bonds. The zero-order valence-electron chi connectivity index (χ0n) is 18.1. The van der Waals surface area contributed by atoms with E-state index in [0.29, 0.717) is 11.6 Å². The SMILES string of the molecule is O[C@@H](CNC[C@](Cc1ccccc1)(c1ccc(F)cc1)c1cc(F)cc(C(F)(F)F)c1)C(F)(F)F. The molecule has 35 heavy (non-hydrogen) atoms. The van der Waals surface area contributed by atoms with Crippen LogP contribution in [0.5, 0.6) is 0 Å². The highest BCUT2D eigenvalue weighted by atomic mass is 19.4. The lowest BCUT2D eigenvalue weighted by molar-refractivity contribution is -0.201. The van der Waals surface area contributed by atoms with Gasteiger partial charge in [0.15, 0.2) is 6.10 Å². The minimum absolute atomic E-state index is 0.0602. The summed E-state index contributed by atoms with van der Waals surface area (Å²) < 4.78 is 107. The highest BCUT2D eigenvalue weighted by Crippen LogP contribution is 2.39. The van der Waals surface area contributed by atoms with Crippen molar-refractivity contribution in [3.05, 3.63) is 107 Å². The Labute approximate surface area is 196 Å². The van der Waals surface area contributed by atoms with Crippen LogP contribution in [0.4, 0.5) is 35.1 Å². The van der Waals surface area contributed by atoms with Crippen LogP contribution < -0.4 is 5.32 Å². The lowest BCUT2D eigenvalue weighted by atomic mass is 9.70. The number of nitrogens with one attached hydrogen (secondary N) is 1. The van der Waals surface area contributed by atoms with Crippen LogP contribution in [-0.4, -0.2) is 30.5 Å². The number of rotatable bonds is 8. The van der Waals surface area contributed by atoms with Gasteiger partial charge in [-0.2, -0.15) is 26.3 Å². The van der Waals surface area contributed by atoms with Gasteiger partial charge in [-0.05, 0) is 53.4 Å². The predicted octanol–water partition coefficient (Wildman–Crippen LogP) is 6.03. The third kappa shape index (κ3) is 6.58. The second-order valence-corrected chi connectivity index (χ2v) is 8.17. The average Bonchev–Trinajstić information content (AvgIpc) is 2.78. The molecule has 0 radical (unpaired) electrons. The fraction of sp³-hybridized carbons (Fsp3) is 0.280. The van der Waals surface area contributed by atoms with E-state index in [-0.39, 0.29) is 17.5 Å². The average molecular weight is 503 g/mol. The summed E-state index contributed by atoms with van der Waals surface area (Å²) >= 11 is 0. The largest absolute Gasteiger partial charge is 0.416 e. The Morgan fingerprint density at radius 1 is 0.714 bits per heavy atom. The summed E-state index contributed by atoms with van der Waals surface area (Å²) in [5, 5.41) is 11.9.